The van der Waals surface area contributed by atoms with Gasteiger partial charge >= 0.3 is 5.97 Å². The molecule has 122 valence electrons. The fraction of sp³-hybridized carbons (Fsp3) is 0.467. The molecule has 7 heteroatoms. The van der Waals surface area contributed by atoms with E-state index in [0.29, 0.717) is 17.4 Å². The number of anilines is 1. The number of hydrogen-bond acceptors (Lipinski definition) is 5. The maximum atomic E-state index is 12.2. The van der Waals surface area contributed by atoms with Crippen molar-refractivity contribution in [3.63, 3.8) is 0 Å². The summed E-state index contributed by atoms with van der Waals surface area (Å²) in [5, 5.41) is 5.95. The largest absolute Gasteiger partial charge is 0.497 e. The highest BCUT2D eigenvalue weighted by molar-refractivity contribution is 6.02. The van der Waals surface area contributed by atoms with E-state index in [9.17, 15) is 9.59 Å². The van der Waals surface area contributed by atoms with E-state index in [-0.39, 0.29) is 29.8 Å². The van der Waals surface area contributed by atoms with Gasteiger partial charge in [0.1, 0.15) is 5.75 Å². The normalized spacial score (nSPS) is 15.0. The first-order valence-corrected chi connectivity index (χ1v) is 6.84. The van der Waals surface area contributed by atoms with Crippen LogP contribution in [0, 0.1) is 11.8 Å². The van der Waals surface area contributed by atoms with E-state index in [1.165, 1.54) is 14.2 Å². The highest BCUT2D eigenvalue weighted by Gasteiger charge is 2.29. The van der Waals surface area contributed by atoms with E-state index in [2.05, 4.69) is 10.6 Å². The van der Waals surface area contributed by atoms with Crippen molar-refractivity contribution in [2.24, 2.45) is 11.8 Å². The molecule has 1 aromatic rings. The summed E-state index contributed by atoms with van der Waals surface area (Å²) in [6.45, 7) is 3.59. The first kappa shape index (κ1) is 18.3. The average molecular weight is 329 g/mol. The van der Waals surface area contributed by atoms with Crippen LogP contribution >= 0.6 is 12.4 Å². The standard InChI is InChI=1S/C15H20N2O4.ClH/c1-9(10-7-16-8-10)14(18)17-13-5-4-11(20-2)6-12(13)15(19)21-3;/h4-6,9-10,16H,7-8H2,1-3H3,(H,17,18);1H. The van der Waals surface area contributed by atoms with Gasteiger partial charge in [0, 0.05) is 5.92 Å². The van der Waals surface area contributed by atoms with Crippen LogP contribution in [0.25, 0.3) is 0 Å². The van der Waals surface area contributed by atoms with E-state index in [0.717, 1.165) is 13.1 Å². The van der Waals surface area contributed by atoms with Gasteiger partial charge < -0.3 is 20.1 Å². The first-order valence-electron chi connectivity index (χ1n) is 6.84. The smallest absolute Gasteiger partial charge is 0.340 e. The zero-order valence-corrected chi connectivity index (χ0v) is 13.7. The molecule has 22 heavy (non-hydrogen) atoms. The van der Waals surface area contributed by atoms with Crippen LogP contribution in [0.15, 0.2) is 18.2 Å². The van der Waals surface area contributed by atoms with Gasteiger partial charge in [-0.1, -0.05) is 6.92 Å². The van der Waals surface area contributed by atoms with Crippen molar-refractivity contribution in [1.82, 2.24) is 5.32 Å². The van der Waals surface area contributed by atoms with Crippen molar-refractivity contribution < 1.29 is 19.1 Å². The highest BCUT2D eigenvalue weighted by Crippen LogP contribution is 2.25. The lowest BCUT2D eigenvalue weighted by Crippen LogP contribution is -2.48. The number of hydrogen-bond donors (Lipinski definition) is 2. The molecule has 1 aliphatic rings. The Morgan fingerprint density at radius 2 is 2.00 bits per heavy atom. The van der Waals surface area contributed by atoms with Gasteiger partial charge in [-0.15, -0.1) is 12.4 Å². The summed E-state index contributed by atoms with van der Waals surface area (Å²) in [5.41, 5.74) is 0.718. The van der Waals surface area contributed by atoms with Gasteiger partial charge in [0.25, 0.3) is 0 Å². The molecule has 1 aromatic carbocycles. The van der Waals surface area contributed by atoms with Gasteiger partial charge in [-0.05, 0) is 37.2 Å². The second kappa shape index (κ2) is 8.00. The molecule has 0 aliphatic carbocycles. The summed E-state index contributed by atoms with van der Waals surface area (Å²) in [6.07, 6.45) is 0. The number of methoxy groups -OCH3 is 2. The summed E-state index contributed by atoms with van der Waals surface area (Å²) in [6, 6.07) is 4.89. The van der Waals surface area contributed by atoms with E-state index in [1.807, 2.05) is 6.92 Å². The molecule has 0 bridgehead atoms. The third-order valence-corrected chi connectivity index (χ3v) is 3.82. The van der Waals surface area contributed by atoms with Crippen LogP contribution in [0.2, 0.25) is 0 Å². The number of ether oxygens (including phenoxy) is 2. The SMILES string of the molecule is COC(=O)c1cc(OC)ccc1NC(=O)C(C)C1CNC1.Cl. The van der Waals surface area contributed by atoms with Crippen LogP contribution < -0.4 is 15.4 Å². The number of amides is 1. The Hall–Kier alpha value is -1.79. The Morgan fingerprint density at radius 3 is 2.50 bits per heavy atom. The van der Waals surface area contributed by atoms with Crippen LogP contribution in [-0.2, 0) is 9.53 Å². The van der Waals surface area contributed by atoms with Crippen molar-refractivity contribution in [3.05, 3.63) is 23.8 Å². The predicted octanol–water partition coefficient (Wildman–Crippen LogP) is 1.70. The fourth-order valence-corrected chi connectivity index (χ4v) is 2.16. The van der Waals surface area contributed by atoms with Crippen molar-refractivity contribution in [2.75, 3.05) is 32.6 Å². The molecule has 0 spiro atoms. The lowest BCUT2D eigenvalue weighted by Gasteiger charge is -2.31. The quantitative estimate of drug-likeness (QED) is 0.804. The van der Waals surface area contributed by atoms with Crippen LogP contribution in [-0.4, -0.2) is 39.2 Å². The number of benzene rings is 1. The summed E-state index contributed by atoms with van der Waals surface area (Å²) in [5.74, 6) is 0.146. The van der Waals surface area contributed by atoms with Crippen molar-refractivity contribution >= 4 is 30.0 Å². The van der Waals surface area contributed by atoms with E-state index < -0.39 is 5.97 Å². The van der Waals surface area contributed by atoms with Gasteiger partial charge in [-0.2, -0.15) is 0 Å². The fourth-order valence-electron chi connectivity index (χ4n) is 2.16. The van der Waals surface area contributed by atoms with E-state index in [4.69, 9.17) is 9.47 Å². The average Bonchev–Trinajstić information content (AvgIpc) is 2.44. The third kappa shape index (κ3) is 3.90. The third-order valence-electron chi connectivity index (χ3n) is 3.82. The molecule has 1 heterocycles. The predicted molar refractivity (Wildman–Crippen MR) is 85.7 cm³/mol. The Kier molecular flexibility index (Phi) is 6.64. The molecule has 1 atom stereocenters. The van der Waals surface area contributed by atoms with Crippen molar-refractivity contribution in [3.8, 4) is 5.75 Å². The Balaban J connectivity index is 0.00000242. The zero-order valence-electron chi connectivity index (χ0n) is 12.8. The van der Waals surface area contributed by atoms with E-state index >= 15 is 0 Å². The minimum Gasteiger partial charge on any atom is -0.497 e. The number of halogens is 1. The molecule has 0 aromatic heterocycles. The topological polar surface area (TPSA) is 76.7 Å². The lowest BCUT2D eigenvalue weighted by atomic mass is 9.88. The first-order chi connectivity index (χ1) is 10.1. The monoisotopic (exact) mass is 328 g/mol. The van der Waals surface area contributed by atoms with Crippen LogP contribution in [0.1, 0.15) is 17.3 Å². The molecule has 0 radical (unpaired) electrons. The Morgan fingerprint density at radius 1 is 1.32 bits per heavy atom. The second-order valence-corrected chi connectivity index (χ2v) is 5.10. The molecule has 0 saturated carbocycles. The minimum atomic E-state index is -0.512. The summed E-state index contributed by atoms with van der Waals surface area (Å²) >= 11 is 0. The number of carbonyl (C=O) groups excluding carboxylic acids is 2. The van der Waals surface area contributed by atoms with Gasteiger partial charge in [0.2, 0.25) is 5.91 Å². The molecule has 1 amide bonds. The van der Waals surface area contributed by atoms with E-state index in [1.54, 1.807) is 18.2 Å². The Labute approximate surface area is 136 Å². The summed E-state index contributed by atoms with van der Waals surface area (Å²) in [7, 11) is 2.82. The molecule has 2 rings (SSSR count). The number of nitrogens with one attached hydrogen (secondary N) is 2. The maximum absolute atomic E-state index is 12.2. The second-order valence-electron chi connectivity index (χ2n) is 5.10. The minimum absolute atomic E-state index is 0. The van der Waals surface area contributed by atoms with Gasteiger partial charge in [-0.3, -0.25) is 4.79 Å². The van der Waals surface area contributed by atoms with Crippen molar-refractivity contribution in [2.45, 2.75) is 6.92 Å². The number of esters is 1. The van der Waals surface area contributed by atoms with Crippen molar-refractivity contribution in [1.29, 1.82) is 0 Å². The Bertz CT molecular complexity index is 546. The van der Waals surface area contributed by atoms with Gasteiger partial charge in [0.05, 0.1) is 25.5 Å². The zero-order chi connectivity index (χ0) is 15.4. The molecular formula is C15H21ClN2O4. The number of rotatable bonds is 5. The van der Waals surface area contributed by atoms with Gasteiger partial charge in [0.15, 0.2) is 0 Å². The van der Waals surface area contributed by atoms with Crippen LogP contribution in [0.4, 0.5) is 5.69 Å². The van der Waals surface area contributed by atoms with Gasteiger partial charge in [-0.25, -0.2) is 4.79 Å². The summed E-state index contributed by atoms with van der Waals surface area (Å²) in [4.78, 5) is 24.1. The molecule has 1 saturated heterocycles. The summed E-state index contributed by atoms with van der Waals surface area (Å²) < 4.78 is 9.84. The molecule has 1 unspecified atom stereocenters. The molecule has 1 aliphatic heterocycles. The highest BCUT2D eigenvalue weighted by atomic mass is 35.5. The molecule has 2 N–H and O–H groups in total. The van der Waals surface area contributed by atoms with Crippen LogP contribution in [0.3, 0.4) is 0 Å². The molecule has 6 nitrogen and oxygen atoms in total. The van der Waals surface area contributed by atoms with Crippen LogP contribution in [0.5, 0.6) is 5.75 Å². The maximum Gasteiger partial charge on any atom is 0.340 e. The number of carbonyl (C=O) groups is 2. The molecular weight excluding hydrogens is 308 g/mol. The lowest BCUT2D eigenvalue weighted by molar-refractivity contribution is -0.121. The molecule has 1 fully saturated rings.